The molecule has 0 aliphatic heterocycles. The Morgan fingerprint density at radius 2 is 2.12 bits per heavy atom. The highest BCUT2D eigenvalue weighted by atomic mass is 35.5. The van der Waals surface area contributed by atoms with Crippen LogP contribution in [0.2, 0.25) is 5.15 Å². The molecule has 0 fully saturated rings. The van der Waals surface area contributed by atoms with E-state index < -0.39 is 0 Å². The highest BCUT2D eigenvalue weighted by molar-refractivity contribution is 7.99. The van der Waals surface area contributed by atoms with Crippen molar-refractivity contribution in [2.45, 2.75) is 50.3 Å². The van der Waals surface area contributed by atoms with E-state index in [1.165, 1.54) is 0 Å². The fraction of sp³-hybridized carbons (Fsp3) is 0.667. The van der Waals surface area contributed by atoms with Gasteiger partial charge in [-0.25, -0.2) is 9.97 Å². The molecule has 5 heteroatoms. The maximum Gasteiger partial charge on any atom is 0.136 e. The van der Waals surface area contributed by atoms with E-state index in [2.05, 4.69) is 23.8 Å². The van der Waals surface area contributed by atoms with Crippen molar-refractivity contribution in [1.29, 1.82) is 0 Å². The van der Waals surface area contributed by atoms with Gasteiger partial charge in [-0.15, -0.1) is 11.8 Å². The van der Waals surface area contributed by atoms with Gasteiger partial charge < -0.3 is 5.11 Å². The van der Waals surface area contributed by atoms with Crippen molar-refractivity contribution in [1.82, 2.24) is 9.97 Å². The topological polar surface area (TPSA) is 46.0 Å². The quantitative estimate of drug-likeness (QED) is 0.639. The molecule has 0 aliphatic carbocycles. The van der Waals surface area contributed by atoms with E-state index in [0.29, 0.717) is 10.4 Å². The van der Waals surface area contributed by atoms with Crippen LogP contribution in [0.5, 0.6) is 0 Å². The molecular weight excluding hydrogens is 256 g/mol. The van der Waals surface area contributed by atoms with Crippen LogP contribution in [0.1, 0.15) is 38.1 Å². The molecule has 0 amide bonds. The number of aliphatic hydroxyl groups is 1. The van der Waals surface area contributed by atoms with Gasteiger partial charge in [0.25, 0.3) is 0 Å². The molecule has 0 radical (unpaired) electrons. The van der Waals surface area contributed by atoms with Gasteiger partial charge in [-0.1, -0.05) is 25.4 Å². The summed E-state index contributed by atoms with van der Waals surface area (Å²) in [4.78, 5) is 8.80. The highest BCUT2D eigenvalue weighted by Crippen LogP contribution is 2.29. The van der Waals surface area contributed by atoms with Gasteiger partial charge >= 0.3 is 0 Å². The van der Waals surface area contributed by atoms with Crippen molar-refractivity contribution < 1.29 is 5.11 Å². The fourth-order valence-corrected chi connectivity index (χ4v) is 2.67. The first-order valence-corrected chi connectivity index (χ1v) is 7.14. The van der Waals surface area contributed by atoms with Crippen molar-refractivity contribution in [3.05, 3.63) is 16.5 Å². The van der Waals surface area contributed by atoms with E-state index in [1.54, 1.807) is 11.8 Å². The minimum atomic E-state index is 0.202. The zero-order chi connectivity index (χ0) is 12.8. The van der Waals surface area contributed by atoms with E-state index in [9.17, 15) is 0 Å². The molecule has 0 bridgehead atoms. The van der Waals surface area contributed by atoms with Crippen LogP contribution in [-0.4, -0.2) is 26.9 Å². The maximum atomic E-state index is 8.91. The summed E-state index contributed by atoms with van der Waals surface area (Å²) in [6.07, 6.45) is 2.62. The fourth-order valence-electron chi connectivity index (χ4n) is 1.39. The van der Waals surface area contributed by atoms with Crippen LogP contribution < -0.4 is 0 Å². The average molecular weight is 275 g/mol. The third-order valence-corrected chi connectivity index (χ3v) is 4.04. The monoisotopic (exact) mass is 274 g/mol. The third kappa shape index (κ3) is 4.45. The normalized spacial score (nSPS) is 12.8. The summed E-state index contributed by atoms with van der Waals surface area (Å²) >= 11 is 7.75. The predicted octanol–water partition coefficient (Wildman–Crippen LogP) is 3.25. The lowest BCUT2D eigenvalue weighted by Gasteiger charge is -2.12. The third-order valence-electron chi connectivity index (χ3n) is 2.41. The number of aromatic nitrogens is 2. The van der Waals surface area contributed by atoms with Crippen molar-refractivity contribution in [2.24, 2.45) is 0 Å². The lowest BCUT2D eigenvalue weighted by molar-refractivity contribution is 0.289. The predicted molar refractivity (Wildman–Crippen MR) is 72.8 cm³/mol. The van der Waals surface area contributed by atoms with Gasteiger partial charge in [0.05, 0.1) is 0 Å². The summed E-state index contributed by atoms with van der Waals surface area (Å²) in [5.41, 5.74) is 0.932. The van der Waals surface area contributed by atoms with Gasteiger partial charge in [0.15, 0.2) is 0 Å². The Hall–Kier alpha value is -0.320. The standard InChI is InChI=1S/C12H19ClN2OS/c1-4-5-10-14-11(13)9(3)12(15-10)17-8(2)6-7-16/h8,16H,4-7H2,1-3H3. The molecule has 1 aromatic rings. The van der Waals surface area contributed by atoms with Gasteiger partial charge in [-0.05, 0) is 19.8 Å². The Morgan fingerprint density at radius 1 is 1.41 bits per heavy atom. The molecule has 1 aromatic heterocycles. The largest absolute Gasteiger partial charge is 0.396 e. The first-order chi connectivity index (χ1) is 8.08. The summed E-state index contributed by atoms with van der Waals surface area (Å²) in [7, 11) is 0. The Bertz CT molecular complexity index is 374. The van der Waals surface area contributed by atoms with Gasteiger partial charge in [0.1, 0.15) is 16.0 Å². The van der Waals surface area contributed by atoms with Crippen LogP contribution in [0, 0.1) is 6.92 Å². The summed E-state index contributed by atoms with van der Waals surface area (Å²) in [5, 5.41) is 10.7. The molecular formula is C12H19ClN2OS. The number of hydrogen-bond donors (Lipinski definition) is 1. The van der Waals surface area contributed by atoms with Crippen molar-refractivity contribution in [2.75, 3.05) is 6.61 Å². The Labute approximate surface area is 112 Å². The molecule has 1 heterocycles. The van der Waals surface area contributed by atoms with Gasteiger partial charge in [0.2, 0.25) is 0 Å². The zero-order valence-electron chi connectivity index (χ0n) is 10.5. The second-order valence-corrected chi connectivity index (χ2v) is 5.84. The van der Waals surface area contributed by atoms with Crippen LogP contribution >= 0.6 is 23.4 Å². The van der Waals surface area contributed by atoms with E-state index in [0.717, 1.165) is 35.7 Å². The van der Waals surface area contributed by atoms with Crippen molar-refractivity contribution in [3.63, 3.8) is 0 Å². The van der Waals surface area contributed by atoms with Gasteiger partial charge in [-0.3, -0.25) is 0 Å². The number of rotatable bonds is 6. The SMILES string of the molecule is CCCc1nc(Cl)c(C)c(SC(C)CCO)n1. The average Bonchev–Trinajstić information content (AvgIpc) is 2.26. The molecule has 3 nitrogen and oxygen atoms in total. The second kappa shape index (κ2) is 7.19. The van der Waals surface area contributed by atoms with E-state index >= 15 is 0 Å². The van der Waals surface area contributed by atoms with Gasteiger partial charge in [0, 0.05) is 23.8 Å². The van der Waals surface area contributed by atoms with Crippen LogP contribution in [0.15, 0.2) is 5.03 Å². The first-order valence-electron chi connectivity index (χ1n) is 5.89. The van der Waals surface area contributed by atoms with Crippen LogP contribution in [0.4, 0.5) is 0 Å². The van der Waals surface area contributed by atoms with E-state index in [1.807, 2.05) is 6.92 Å². The molecule has 96 valence electrons. The maximum absolute atomic E-state index is 8.91. The first kappa shape index (κ1) is 14.7. The lowest BCUT2D eigenvalue weighted by atomic mass is 10.3. The molecule has 0 saturated heterocycles. The number of aryl methyl sites for hydroxylation is 1. The molecule has 1 rings (SSSR count). The van der Waals surface area contributed by atoms with Crippen LogP contribution in [-0.2, 0) is 6.42 Å². The Kier molecular flexibility index (Phi) is 6.23. The smallest absolute Gasteiger partial charge is 0.136 e. The number of hydrogen-bond acceptors (Lipinski definition) is 4. The van der Waals surface area contributed by atoms with E-state index in [-0.39, 0.29) is 6.61 Å². The van der Waals surface area contributed by atoms with Crippen molar-refractivity contribution in [3.8, 4) is 0 Å². The molecule has 0 spiro atoms. The highest BCUT2D eigenvalue weighted by Gasteiger charge is 2.12. The lowest BCUT2D eigenvalue weighted by Crippen LogP contribution is -2.04. The molecule has 0 saturated carbocycles. The van der Waals surface area contributed by atoms with Crippen LogP contribution in [0.25, 0.3) is 0 Å². The summed E-state index contributed by atoms with van der Waals surface area (Å²) in [6.45, 7) is 6.31. The molecule has 1 unspecified atom stereocenters. The second-order valence-electron chi connectivity index (χ2n) is 4.05. The van der Waals surface area contributed by atoms with Gasteiger partial charge in [-0.2, -0.15) is 0 Å². The van der Waals surface area contributed by atoms with Crippen molar-refractivity contribution >= 4 is 23.4 Å². The summed E-state index contributed by atoms with van der Waals surface area (Å²) in [5.74, 6) is 0.807. The number of thioether (sulfide) groups is 1. The molecule has 17 heavy (non-hydrogen) atoms. The minimum absolute atomic E-state index is 0.202. The minimum Gasteiger partial charge on any atom is -0.396 e. The molecule has 1 N–H and O–H groups in total. The molecule has 0 aromatic carbocycles. The Morgan fingerprint density at radius 3 is 2.71 bits per heavy atom. The number of nitrogens with zero attached hydrogens (tertiary/aromatic N) is 2. The Balaban J connectivity index is 2.88. The summed E-state index contributed by atoms with van der Waals surface area (Å²) in [6, 6.07) is 0. The number of halogens is 1. The van der Waals surface area contributed by atoms with E-state index in [4.69, 9.17) is 16.7 Å². The summed E-state index contributed by atoms with van der Waals surface area (Å²) < 4.78 is 0. The number of aliphatic hydroxyl groups excluding tert-OH is 1. The molecule has 1 atom stereocenters. The van der Waals surface area contributed by atoms with Crippen LogP contribution in [0.3, 0.4) is 0 Å². The zero-order valence-corrected chi connectivity index (χ0v) is 12.1. The molecule has 0 aliphatic rings.